The van der Waals surface area contributed by atoms with Gasteiger partial charge in [-0.05, 0) is 18.8 Å². The van der Waals surface area contributed by atoms with Crippen LogP contribution in [0.4, 0.5) is 5.82 Å². The summed E-state index contributed by atoms with van der Waals surface area (Å²) in [5.74, 6) is 0.360. The lowest BCUT2D eigenvalue weighted by Gasteiger charge is -2.29. The molecule has 1 heterocycles. The van der Waals surface area contributed by atoms with Gasteiger partial charge in [0, 0.05) is 19.6 Å². The molecule has 0 amide bonds. The van der Waals surface area contributed by atoms with Crippen molar-refractivity contribution in [2.75, 3.05) is 12.3 Å². The number of hydrogen-bond acceptors (Lipinski definition) is 4. The molecule has 1 saturated carbocycles. The zero-order chi connectivity index (χ0) is 14.9. The van der Waals surface area contributed by atoms with Gasteiger partial charge in [-0.15, -0.1) is 0 Å². The van der Waals surface area contributed by atoms with Gasteiger partial charge in [0.05, 0.1) is 6.33 Å². The van der Waals surface area contributed by atoms with E-state index in [9.17, 15) is 8.42 Å². The number of rotatable bonds is 5. The van der Waals surface area contributed by atoms with Crippen LogP contribution < -0.4 is 5.73 Å². The van der Waals surface area contributed by atoms with Gasteiger partial charge in [0.15, 0.2) is 10.8 Å². The highest BCUT2D eigenvalue weighted by molar-refractivity contribution is 7.89. The number of nitrogens with zero attached hydrogens (tertiary/aromatic N) is 3. The third-order valence-electron chi connectivity index (χ3n) is 3.74. The highest BCUT2D eigenvalue weighted by atomic mass is 32.2. The minimum absolute atomic E-state index is 0.0826. The number of nitrogen functional groups attached to an aromatic ring is 1. The van der Waals surface area contributed by atoms with E-state index in [4.69, 9.17) is 5.73 Å². The van der Waals surface area contributed by atoms with Crippen LogP contribution in [0.25, 0.3) is 0 Å². The van der Waals surface area contributed by atoms with Crippen LogP contribution >= 0.6 is 0 Å². The number of anilines is 1. The first-order valence-electron chi connectivity index (χ1n) is 7.12. The fourth-order valence-corrected chi connectivity index (χ4v) is 4.91. The van der Waals surface area contributed by atoms with Gasteiger partial charge < -0.3 is 10.3 Å². The van der Waals surface area contributed by atoms with Gasteiger partial charge in [0.2, 0.25) is 0 Å². The summed E-state index contributed by atoms with van der Waals surface area (Å²) in [6, 6.07) is 0.0942. The molecule has 2 rings (SSSR count). The predicted octanol–water partition coefficient (Wildman–Crippen LogP) is 1.59. The van der Waals surface area contributed by atoms with Crippen molar-refractivity contribution in [2.24, 2.45) is 13.0 Å². The third-order valence-corrected chi connectivity index (χ3v) is 5.79. The predicted molar refractivity (Wildman–Crippen MR) is 78.6 cm³/mol. The average Bonchev–Trinajstić information content (AvgIpc) is 2.96. The van der Waals surface area contributed by atoms with E-state index < -0.39 is 10.0 Å². The van der Waals surface area contributed by atoms with Gasteiger partial charge in [0.1, 0.15) is 0 Å². The van der Waals surface area contributed by atoms with Gasteiger partial charge >= 0.3 is 0 Å². The largest absolute Gasteiger partial charge is 0.381 e. The Morgan fingerprint density at radius 3 is 2.50 bits per heavy atom. The van der Waals surface area contributed by atoms with Crippen molar-refractivity contribution >= 4 is 15.8 Å². The van der Waals surface area contributed by atoms with E-state index in [0.29, 0.717) is 6.54 Å². The van der Waals surface area contributed by atoms with Crippen LogP contribution in [-0.2, 0) is 17.1 Å². The average molecular weight is 300 g/mol. The van der Waals surface area contributed by atoms with Crippen LogP contribution in [-0.4, -0.2) is 34.9 Å². The molecule has 1 aromatic heterocycles. The third kappa shape index (κ3) is 2.83. The van der Waals surface area contributed by atoms with Crippen molar-refractivity contribution in [1.29, 1.82) is 0 Å². The van der Waals surface area contributed by atoms with Crippen molar-refractivity contribution in [3.63, 3.8) is 0 Å². The zero-order valence-electron chi connectivity index (χ0n) is 12.4. The summed E-state index contributed by atoms with van der Waals surface area (Å²) in [5, 5.41) is 0.116. The van der Waals surface area contributed by atoms with Crippen molar-refractivity contribution < 1.29 is 8.42 Å². The van der Waals surface area contributed by atoms with E-state index in [1.807, 2.05) is 13.8 Å². The minimum atomic E-state index is -3.59. The maximum absolute atomic E-state index is 12.9. The summed E-state index contributed by atoms with van der Waals surface area (Å²) >= 11 is 0. The molecular formula is C13H24N4O2S. The summed E-state index contributed by atoms with van der Waals surface area (Å²) in [5.41, 5.74) is 5.76. The Bertz CT molecular complexity index is 539. The summed E-state index contributed by atoms with van der Waals surface area (Å²) in [6.07, 6.45) is 5.50. The molecule has 0 radical (unpaired) electrons. The standard InChI is InChI=1S/C13H24N4O2S/c1-10(2)8-17(11-6-4-5-7-11)20(18,19)13-12(14)15-9-16(13)3/h9-11H,4-8,14H2,1-3H3. The van der Waals surface area contributed by atoms with E-state index in [0.717, 1.165) is 25.7 Å². The SMILES string of the molecule is CC(C)CN(C1CCCC1)S(=O)(=O)c1c(N)ncn1C. The smallest absolute Gasteiger partial charge is 0.262 e. The molecular weight excluding hydrogens is 276 g/mol. The van der Waals surface area contributed by atoms with Crippen LogP contribution in [0.3, 0.4) is 0 Å². The first-order chi connectivity index (χ1) is 9.34. The number of nitrogens with two attached hydrogens (primary N) is 1. The maximum atomic E-state index is 12.9. The van der Waals surface area contributed by atoms with Crippen LogP contribution in [0.15, 0.2) is 11.4 Å². The summed E-state index contributed by atoms with van der Waals surface area (Å²) in [7, 11) is -1.92. The van der Waals surface area contributed by atoms with Crippen LogP contribution in [0.1, 0.15) is 39.5 Å². The molecule has 0 aliphatic heterocycles. The molecule has 0 spiro atoms. The van der Waals surface area contributed by atoms with Crippen LogP contribution in [0.2, 0.25) is 0 Å². The van der Waals surface area contributed by atoms with Crippen molar-refractivity contribution in [2.45, 2.75) is 50.6 Å². The molecule has 0 unspecified atom stereocenters. The van der Waals surface area contributed by atoms with Gasteiger partial charge in [0.25, 0.3) is 10.0 Å². The fourth-order valence-electron chi connectivity index (χ4n) is 2.86. The zero-order valence-corrected chi connectivity index (χ0v) is 13.2. The van der Waals surface area contributed by atoms with Crippen molar-refractivity contribution in [3.8, 4) is 0 Å². The molecule has 7 heteroatoms. The van der Waals surface area contributed by atoms with Gasteiger partial charge in [-0.25, -0.2) is 13.4 Å². The molecule has 114 valence electrons. The quantitative estimate of drug-likeness (QED) is 0.895. The van der Waals surface area contributed by atoms with Gasteiger partial charge in [-0.2, -0.15) is 4.31 Å². The summed E-state index contributed by atoms with van der Waals surface area (Å²) < 4.78 is 29.0. The minimum Gasteiger partial charge on any atom is -0.381 e. The molecule has 1 aliphatic rings. The van der Waals surface area contributed by atoms with E-state index >= 15 is 0 Å². The molecule has 0 saturated heterocycles. The molecule has 0 bridgehead atoms. The number of hydrogen-bond donors (Lipinski definition) is 1. The summed E-state index contributed by atoms with van der Waals surface area (Å²) in [6.45, 7) is 4.59. The molecule has 1 aromatic rings. The lowest BCUT2D eigenvalue weighted by atomic mass is 10.2. The number of imidazole rings is 1. The topological polar surface area (TPSA) is 81.2 Å². The fraction of sp³-hybridized carbons (Fsp3) is 0.769. The molecule has 0 atom stereocenters. The van der Waals surface area contributed by atoms with Gasteiger partial charge in [-0.1, -0.05) is 26.7 Å². The van der Waals surface area contributed by atoms with Crippen LogP contribution in [0, 0.1) is 5.92 Å². The first-order valence-corrected chi connectivity index (χ1v) is 8.56. The lowest BCUT2D eigenvalue weighted by Crippen LogP contribution is -2.42. The highest BCUT2D eigenvalue weighted by Crippen LogP contribution is 2.30. The second-order valence-corrected chi connectivity index (χ2v) is 7.76. The van der Waals surface area contributed by atoms with E-state index in [1.165, 1.54) is 10.9 Å². The van der Waals surface area contributed by atoms with Crippen molar-refractivity contribution in [3.05, 3.63) is 6.33 Å². The maximum Gasteiger partial charge on any atom is 0.262 e. The van der Waals surface area contributed by atoms with Gasteiger partial charge in [-0.3, -0.25) is 0 Å². The lowest BCUT2D eigenvalue weighted by molar-refractivity contribution is 0.291. The Morgan fingerprint density at radius 2 is 2.05 bits per heavy atom. The second kappa shape index (κ2) is 5.73. The van der Waals surface area contributed by atoms with Crippen molar-refractivity contribution in [1.82, 2.24) is 13.9 Å². The second-order valence-electron chi connectivity index (χ2n) is 5.95. The van der Waals surface area contributed by atoms with E-state index in [2.05, 4.69) is 4.98 Å². The Balaban J connectivity index is 2.41. The van der Waals surface area contributed by atoms with Crippen LogP contribution in [0.5, 0.6) is 0 Å². The molecule has 1 aliphatic carbocycles. The Hall–Kier alpha value is -1.08. The number of aromatic nitrogens is 2. The normalized spacial score (nSPS) is 17.4. The first kappa shape index (κ1) is 15.3. The highest BCUT2D eigenvalue weighted by Gasteiger charge is 2.36. The van der Waals surface area contributed by atoms with E-state index in [1.54, 1.807) is 11.4 Å². The number of sulfonamides is 1. The molecule has 1 fully saturated rings. The summed E-state index contributed by atoms with van der Waals surface area (Å²) in [4.78, 5) is 3.91. The Morgan fingerprint density at radius 1 is 1.45 bits per heavy atom. The Kier molecular flexibility index (Phi) is 4.39. The molecule has 0 aromatic carbocycles. The molecule has 2 N–H and O–H groups in total. The number of aryl methyl sites for hydroxylation is 1. The molecule has 6 nitrogen and oxygen atoms in total. The monoisotopic (exact) mass is 300 g/mol. The Labute approximate surface area is 121 Å². The molecule has 20 heavy (non-hydrogen) atoms. The van der Waals surface area contributed by atoms with E-state index in [-0.39, 0.29) is 22.8 Å².